The molecule has 1 heterocycles. The third-order valence-electron chi connectivity index (χ3n) is 6.14. The molecule has 0 amide bonds. The molecule has 1 unspecified atom stereocenters. The summed E-state index contributed by atoms with van der Waals surface area (Å²) >= 11 is 2.48. The van der Waals surface area contributed by atoms with E-state index in [0.29, 0.717) is 5.92 Å². The van der Waals surface area contributed by atoms with Crippen molar-refractivity contribution in [3.63, 3.8) is 0 Å². The molecule has 1 atom stereocenters. The summed E-state index contributed by atoms with van der Waals surface area (Å²) < 4.78 is 8.47. The summed E-state index contributed by atoms with van der Waals surface area (Å²) in [5.74, 6) is 0.681. The number of unbranched alkanes of at least 4 members (excludes halogenated alkanes) is 4. The van der Waals surface area contributed by atoms with Crippen LogP contribution in [0, 0.1) is 5.92 Å². The van der Waals surface area contributed by atoms with Gasteiger partial charge in [0.15, 0.2) is 0 Å². The van der Waals surface area contributed by atoms with E-state index in [2.05, 4.69) is 54.9 Å². The number of β-amino-alcohol motifs (C(OH)–C–C–N with tert-alkyl or cyclic N) is 1. The van der Waals surface area contributed by atoms with Crippen LogP contribution < -0.4 is 5.32 Å². The van der Waals surface area contributed by atoms with Crippen LogP contribution in [0.15, 0.2) is 0 Å². The molecule has 2 N–H and O–H groups in total. The Kier molecular flexibility index (Phi) is 20.0. The molecule has 1 saturated heterocycles. The van der Waals surface area contributed by atoms with Gasteiger partial charge in [-0.05, 0) is 44.8 Å². The van der Waals surface area contributed by atoms with Crippen molar-refractivity contribution >= 4 is 22.9 Å². The van der Waals surface area contributed by atoms with Crippen LogP contribution in [0.1, 0.15) is 65.2 Å². The largest absolute Gasteiger partial charge is 0.395 e. The predicted octanol–water partition coefficient (Wildman–Crippen LogP) is 3.63. The second-order valence-corrected chi connectivity index (χ2v) is 10.5. The van der Waals surface area contributed by atoms with Crippen LogP contribution in [0.25, 0.3) is 0 Å². The molecule has 0 aromatic rings. The maximum atomic E-state index is 9.27. The summed E-state index contributed by atoms with van der Waals surface area (Å²) in [5.41, 5.74) is 0. The monoisotopic (exact) mass is 554 g/mol. The molecule has 7 heteroatoms. The Bertz CT molecular complexity index is 393. The van der Waals surface area contributed by atoms with E-state index in [4.69, 9.17) is 4.74 Å². The normalized spacial score (nSPS) is 20.5. The van der Waals surface area contributed by atoms with Crippen molar-refractivity contribution in [2.45, 2.75) is 65.2 Å². The molecule has 186 valence electrons. The summed E-state index contributed by atoms with van der Waals surface area (Å²) in [6.45, 7) is 17.1. The van der Waals surface area contributed by atoms with E-state index in [1.807, 2.05) is 0 Å². The Balaban J connectivity index is 2.24. The van der Waals surface area contributed by atoms with E-state index in [0.717, 1.165) is 85.1 Å². The summed E-state index contributed by atoms with van der Waals surface area (Å²) in [4.78, 5) is 4.95. The van der Waals surface area contributed by atoms with E-state index in [-0.39, 0.29) is 6.61 Å². The number of halogens is 1. The molecule has 1 rings (SSSR count). The summed E-state index contributed by atoms with van der Waals surface area (Å²) in [6.07, 6.45) is 10.5. The minimum Gasteiger partial charge on any atom is -0.395 e. The number of nitrogens with one attached hydrogen (secondary N) is 1. The topological polar surface area (TPSA) is 51.2 Å². The van der Waals surface area contributed by atoms with Gasteiger partial charge >= 0.3 is 0 Å². The van der Waals surface area contributed by atoms with E-state index in [9.17, 15) is 5.11 Å². The Hall–Kier alpha value is 0.490. The molecule has 0 bridgehead atoms. The SMILES string of the molecule is CCCCCCCC(C)COCCN1CCCNCCN(CCO)CCCN(I)CC1. The second kappa shape index (κ2) is 21.1. The Labute approximate surface area is 206 Å². The van der Waals surface area contributed by atoms with Gasteiger partial charge < -0.3 is 15.2 Å². The zero-order valence-corrected chi connectivity index (χ0v) is 22.7. The van der Waals surface area contributed by atoms with E-state index >= 15 is 0 Å². The third kappa shape index (κ3) is 17.6. The average molecular weight is 555 g/mol. The van der Waals surface area contributed by atoms with Crippen LogP contribution in [0.2, 0.25) is 0 Å². The zero-order chi connectivity index (χ0) is 22.6. The number of ether oxygens (including phenoxy) is 1. The molecular weight excluding hydrogens is 503 g/mol. The highest BCUT2D eigenvalue weighted by Gasteiger charge is 2.11. The van der Waals surface area contributed by atoms with Crippen LogP contribution in [-0.2, 0) is 4.74 Å². The van der Waals surface area contributed by atoms with Gasteiger partial charge in [-0.15, -0.1) is 0 Å². The van der Waals surface area contributed by atoms with E-state index in [1.165, 1.54) is 44.9 Å². The predicted molar refractivity (Wildman–Crippen MR) is 141 cm³/mol. The van der Waals surface area contributed by atoms with Gasteiger partial charge in [-0.3, -0.25) is 9.80 Å². The van der Waals surface area contributed by atoms with Gasteiger partial charge in [0.05, 0.1) is 13.2 Å². The highest BCUT2D eigenvalue weighted by molar-refractivity contribution is 14.1. The molecule has 0 saturated carbocycles. The third-order valence-corrected chi connectivity index (χ3v) is 7.10. The zero-order valence-electron chi connectivity index (χ0n) is 20.5. The fourth-order valence-electron chi connectivity index (χ4n) is 4.09. The van der Waals surface area contributed by atoms with Crippen molar-refractivity contribution in [1.29, 1.82) is 0 Å². The molecule has 6 nitrogen and oxygen atoms in total. The van der Waals surface area contributed by atoms with Gasteiger partial charge in [0, 0.05) is 75.3 Å². The second-order valence-electron chi connectivity index (χ2n) is 9.16. The number of hydrogen-bond acceptors (Lipinski definition) is 6. The van der Waals surface area contributed by atoms with Crippen LogP contribution in [0.5, 0.6) is 0 Å². The summed E-state index contributed by atoms with van der Waals surface area (Å²) in [7, 11) is 0. The van der Waals surface area contributed by atoms with Gasteiger partial charge in [-0.25, -0.2) is 3.11 Å². The van der Waals surface area contributed by atoms with Crippen LogP contribution in [0.3, 0.4) is 0 Å². The average Bonchev–Trinajstić information content (AvgIpc) is 2.76. The molecule has 0 radical (unpaired) electrons. The highest BCUT2D eigenvalue weighted by atomic mass is 127. The first kappa shape index (κ1) is 29.5. The standard InChI is InChI=1S/C24H51IN4O2/c1-3-4-5-6-7-10-24(2)23-31-22-20-28-13-8-11-26-12-16-27(19-21-30)14-9-15-29(25)18-17-28/h24,26,30H,3-23H2,1-2H3. The number of nitrogens with zero attached hydrogens (tertiary/aromatic N) is 3. The molecule has 1 aliphatic rings. The fourth-order valence-corrected chi connectivity index (χ4v) is 4.64. The fraction of sp³-hybridized carbons (Fsp3) is 1.00. The smallest absolute Gasteiger partial charge is 0.0593 e. The Morgan fingerprint density at radius 3 is 2.48 bits per heavy atom. The van der Waals surface area contributed by atoms with Gasteiger partial charge in [0.25, 0.3) is 0 Å². The number of rotatable bonds is 13. The molecule has 1 fully saturated rings. The Morgan fingerprint density at radius 1 is 0.903 bits per heavy atom. The maximum Gasteiger partial charge on any atom is 0.0593 e. The lowest BCUT2D eigenvalue weighted by molar-refractivity contribution is 0.0776. The molecule has 1 aliphatic heterocycles. The van der Waals surface area contributed by atoms with Crippen molar-refractivity contribution in [2.75, 3.05) is 85.3 Å². The Morgan fingerprint density at radius 2 is 1.68 bits per heavy atom. The lowest BCUT2D eigenvalue weighted by Gasteiger charge is -2.27. The quantitative estimate of drug-likeness (QED) is 0.206. The van der Waals surface area contributed by atoms with Crippen LogP contribution in [-0.4, -0.2) is 103 Å². The first-order valence-electron chi connectivity index (χ1n) is 12.9. The van der Waals surface area contributed by atoms with Crippen molar-refractivity contribution in [2.24, 2.45) is 5.92 Å². The van der Waals surface area contributed by atoms with Crippen molar-refractivity contribution < 1.29 is 9.84 Å². The molecule has 0 aromatic heterocycles. The number of aliphatic hydroxyl groups is 1. The molecular formula is C24H51IN4O2. The summed E-state index contributed by atoms with van der Waals surface area (Å²) in [6, 6.07) is 0. The number of hydrogen-bond donors (Lipinski definition) is 2. The van der Waals surface area contributed by atoms with Crippen molar-refractivity contribution in [3.05, 3.63) is 0 Å². The minimum atomic E-state index is 0.253. The first-order chi connectivity index (χ1) is 15.2. The summed E-state index contributed by atoms with van der Waals surface area (Å²) in [5, 5.41) is 12.8. The van der Waals surface area contributed by atoms with E-state index in [1.54, 1.807) is 0 Å². The maximum absolute atomic E-state index is 9.27. The highest BCUT2D eigenvalue weighted by Crippen LogP contribution is 2.12. The van der Waals surface area contributed by atoms with Gasteiger partial charge in [-0.2, -0.15) is 0 Å². The molecule has 0 aliphatic carbocycles. The van der Waals surface area contributed by atoms with Gasteiger partial charge in [0.1, 0.15) is 0 Å². The lowest BCUT2D eigenvalue weighted by atomic mass is 10.0. The molecule has 31 heavy (non-hydrogen) atoms. The minimum absolute atomic E-state index is 0.253. The first-order valence-corrected chi connectivity index (χ1v) is 13.9. The van der Waals surface area contributed by atoms with Crippen LogP contribution in [0.4, 0.5) is 0 Å². The molecule has 0 aromatic carbocycles. The lowest BCUT2D eigenvalue weighted by Crippen LogP contribution is -2.39. The van der Waals surface area contributed by atoms with Crippen molar-refractivity contribution in [1.82, 2.24) is 18.2 Å². The van der Waals surface area contributed by atoms with E-state index < -0.39 is 0 Å². The van der Waals surface area contributed by atoms with Crippen molar-refractivity contribution in [3.8, 4) is 0 Å². The molecule has 0 spiro atoms. The van der Waals surface area contributed by atoms with Gasteiger partial charge in [-0.1, -0.05) is 46.0 Å². The van der Waals surface area contributed by atoms with Gasteiger partial charge in [0.2, 0.25) is 0 Å². The van der Waals surface area contributed by atoms with Crippen LogP contribution >= 0.6 is 22.9 Å². The number of aliphatic hydroxyl groups excluding tert-OH is 1.